The maximum atomic E-state index is 12.5. The van der Waals surface area contributed by atoms with Crippen LogP contribution < -0.4 is 0 Å². The van der Waals surface area contributed by atoms with Crippen LogP contribution in [0.1, 0.15) is 11.4 Å². The zero-order valence-electron chi connectivity index (χ0n) is 5.34. The molecular formula is C7H9FSi. The Kier molecular flexibility index (Phi) is 2.00. The molecule has 1 aromatic rings. The Hall–Kier alpha value is -0.633. The molecule has 0 N–H and O–H groups in total. The van der Waals surface area contributed by atoms with Gasteiger partial charge in [-0.1, -0.05) is 30.3 Å². The van der Waals surface area contributed by atoms with E-state index in [2.05, 4.69) is 0 Å². The van der Waals surface area contributed by atoms with E-state index in [1.807, 2.05) is 30.3 Å². The number of hydrogen-bond donors (Lipinski definition) is 0. The first-order valence-corrected chi connectivity index (χ1v) is 4.15. The minimum atomic E-state index is -0.703. The van der Waals surface area contributed by atoms with Crippen LogP contribution in [0.25, 0.3) is 0 Å². The van der Waals surface area contributed by atoms with Crippen molar-refractivity contribution in [3.63, 3.8) is 0 Å². The standard InChI is InChI=1S/C7H9FSi/c8-7(9)6-4-2-1-3-5-6/h1-5,7H,9H3. The quantitative estimate of drug-likeness (QED) is 0.511. The maximum absolute atomic E-state index is 12.5. The molecule has 1 unspecified atom stereocenters. The van der Waals surface area contributed by atoms with E-state index in [1.165, 1.54) is 0 Å². The van der Waals surface area contributed by atoms with Crippen molar-refractivity contribution in [3.8, 4) is 0 Å². The van der Waals surface area contributed by atoms with Gasteiger partial charge < -0.3 is 0 Å². The molecule has 0 saturated carbocycles. The summed E-state index contributed by atoms with van der Waals surface area (Å²) in [5.41, 5.74) is 0.809. The molecule has 0 radical (unpaired) electrons. The van der Waals surface area contributed by atoms with Crippen molar-refractivity contribution in [1.82, 2.24) is 0 Å². The van der Waals surface area contributed by atoms with Crippen LogP contribution in [0, 0.1) is 0 Å². The Morgan fingerprint density at radius 1 is 1.22 bits per heavy atom. The zero-order valence-corrected chi connectivity index (χ0v) is 7.34. The molecule has 1 rings (SSSR count). The first kappa shape index (κ1) is 6.49. The molecule has 0 nitrogen and oxygen atoms in total. The summed E-state index contributed by atoms with van der Waals surface area (Å²) in [6.07, 6.45) is 0. The molecule has 9 heavy (non-hydrogen) atoms. The van der Waals surface area contributed by atoms with Crippen molar-refractivity contribution >= 4 is 10.2 Å². The summed E-state index contributed by atoms with van der Waals surface area (Å²) < 4.78 is 12.5. The van der Waals surface area contributed by atoms with Crippen LogP contribution in [-0.2, 0) is 0 Å². The Morgan fingerprint density at radius 2 is 1.78 bits per heavy atom. The van der Waals surface area contributed by atoms with E-state index in [9.17, 15) is 4.39 Å². The lowest BCUT2D eigenvalue weighted by molar-refractivity contribution is 0.459. The summed E-state index contributed by atoms with van der Waals surface area (Å²) in [7, 11) is 0.590. The van der Waals surface area contributed by atoms with Crippen molar-refractivity contribution in [3.05, 3.63) is 35.9 Å². The Balaban J connectivity index is 2.85. The van der Waals surface area contributed by atoms with E-state index in [0.717, 1.165) is 5.56 Å². The number of rotatable bonds is 1. The van der Waals surface area contributed by atoms with E-state index in [-0.39, 0.29) is 0 Å². The Bertz CT molecular complexity index is 172. The predicted molar refractivity (Wildman–Crippen MR) is 40.2 cm³/mol. The normalized spacial score (nSPS) is 13.4. The molecule has 0 spiro atoms. The van der Waals surface area contributed by atoms with Gasteiger partial charge in [-0.2, -0.15) is 0 Å². The summed E-state index contributed by atoms with van der Waals surface area (Å²) in [5.74, 6) is -0.703. The topological polar surface area (TPSA) is 0 Å². The second-order valence-corrected chi connectivity index (χ2v) is 3.04. The van der Waals surface area contributed by atoms with Crippen LogP contribution in [0.15, 0.2) is 30.3 Å². The number of alkyl halides is 1. The van der Waals surface area contributed by atoms with Gasteiger partial charge in [0.05, 0.1) is 10.2 Å². The van der Waals surface area contributed by atoms with Crippen molar-refractivity contribution in [2.24, 2.45) is 0 Å². The molecule has 0 amide bonds. The van der Waals surface area contributed by atoms with Gasteiger partial charge in [-0.05, 0) is 5.56 Å². The van der Waals surface area contributed by atoms with Gasteiger partial charge in [0.2, 0.25) is 0 Å². The molecular weight excluding hydrogens is 131 g/mol. The number of hydrogen-bond acceptors (Lipinski definition) is 0. The highest BCUT2D eigenvalue weighted by Gasteiger charge is 1.97. The van der Waals surface area contributed by atoms with Gasteiger partial charge in [-0.3, -0.25) is 0 Å². The van der Waals surface area contributed by atoms with Crippen LogP contribution in [-0.4, -0.2) is 10.2 Å². The second-order valence-electron chi connectivity index (χ2n) is 2.03. The Labute approximate surface area is 57.1 Å². The van der Waals surface area contributed by atoms with E-state index in [4.69, 9.17) is 0 Å². The highest BCUT2D eigenvalue weighted by Crippen LogP contribution is 2.10. The van der Waals surface area contributed by atoms with Gasteiger partial charge >= 0.3 is 0 Å². The van der Waals surface area contributed by atoms with Crippen LogP contribution in [0.2, 0.25) is 0 Å². The maximum Gasteiger partial charge on any atom is 0.104 e. The fourth-order valence-electron chi connectivity index (χ4n) is 0.718. The summed E-state index contributed by atoms with van der Waals surface area (Å²) in [6.45, 7) is 0. The van der Waals surface area contributed by atoms with Gasteiger partial charge in [-0.25, -0.2) is 4.39 Å². The molecule has 2 heteroatoms. The van der Waals surface area contributed by atoms with E-state index in [0.29, 0.717) is 10.2 Å². The van der Waals surface area contributed by atoms with Gasteiger partial charge in [0.25, 0.3) is 0 Å². The van der Waals surface area contributed by atoms with E-state index in [1.54, 1.807) is 0 Å². The third kappa shape index (κ3) is 1.64. The minimum absolute atomic E-state index is 0.590. The molecule has 48 valence electrons. The summed E-state index contributed by atoms with van der Waals surface area (Å²) in [6, 6.07) is 9.25. The largest absolute Gasteiger partial charge is 0.248 e. The average molecular weight is 140 g/mol. The highest BCUT2D eigenvalue weighted by atomic mass is 28.1. The molecule has 0 bridgehead atoms. The monoisotopic (exact) mass is 140 g/mol. The van der Waals surface area contributed by atoms with Crippen molar-refractivity contribution in [2.75, 3.05) is 0 Å². The number of benzene rings is 1. The third-order valence-corrected chi connectivity index (χ3v) is 1.93. The molecule has 0 aliphatic heterocycles. The van der Waals surface area contributed by atoms with Crippen LogP contribution in [0.4, 0.5) is 4.39 Å². The zero-order chi connectivity index (χ0) is 6.69. The molecule has 0 aliphatic rings. The lowest BCUT2D eigenvalue weighted by Gasteiger charge is -1.98. The second kappa shape index (κ2) is 2.78. The lowest BCUT2D eigenvalue weighted by Crippen LogP contribution is -1.87. The predicted octanol–water partition coefficient (Wildman–Crippen LogP) is 1.02. The third-order valence-electron chi connectivity index (χ3n) is 1.26. The average Bonchev–Trinajstić information content (AvgIpc) is 1.90. The SMILES string of the molecule is FC([SiH3])c1ccccc1. The molecule has 0 saturated heterocycles. The highest BCUT2D eigenvalue weighted by molar-refractivity contribution is 6.11. The first-order chi connectivity index (χ1) is 4.30. The Morgan fingerprint density at radius 3 is 2.11 bits per heavy atom. The smallest absolute Gasteiger partial charge is 0.104 e. The van der Waals surface area contributed by atoms with Crippen molar-refractivity contribution in [2.45, 2.75) is 5.79 Å². The summed E-state index contributed by atoms with van der Waals surface area (Å²) in [5, 5.41) is 0. The van der Waals surface area contributed by atoms with Gasteiger partial charge in [0, 0.05) is 0 Å². The lowest BCUT2D eigenvalue weighted by atomic mass is 10.2. The minimum Gasteiger partial charge on any atom is -0.248 e. The molecule has 0 aliphatic carbocycles. The van der Waals surface area contributed by atoms with Gasteiger partial charge in [0.1, 0.15) is 5.79 Å². The molecule has 1 aromatic carbocycles. The first-order valence-electron chi connectivity index (χ1n) is 2.99. The van der Waals surface area contributed by atoms with Gasteiger partial charge in [-0.15, -0.1) is 0 Å². The molecule has 0 heterocycles. The van der Waals surface area contributed by atoms with Crippen LogP contribution in [0.3, 0.4) is 0 Å². The summed E-state index contributed by atoms with van der Waals surface area (Å²) in [4.78, 5) is 0. The van der Waals surface area contributed by atoms with E-state index >= 15 is 0 Å². The fraction of sp³-hybridized carbons (Fsp3) is 0.143. The molecule has 0 aromatic heterocycles. The summed E-state index contributed by atoms with van der Waals surface area (Å²) >= 11 is 0. The number of halogens is 1. The van der Waals surface area contributed by atoms with Crippen molar-refractivity contribution < 1.29 is 4.39 Å². The fourth-order valence-corrected chi connectivity index (χ4v) is 1.10. The van der Waals surface area contributed by atoms with E-state index < -0.39 is 5.79 Å². The molecule has 1 atom stereocenters. The molecule has 0 fully saturated rings. The van der Waals surface area contributed by atoms with Crippen LogP contribution in [0.5, 0.6) is 0 Å². The van der Waals surface area contributed by atoms with Gasteiger partial charge in [0.15, 0.2) is 0 Å². The van der Waals surface area contributed by atoms with Crippen LogP contribution >= 0.6 is 0 Å². The van der Waals surface area contributed by atoms with Crippen molar-refractivity contribution in [1.29, 1.82) is 0 Å².